The highest BCUT2D eigenvalue weighted by molar-refractivity contribution is 5.75. The molecule has 0 aromatic heterocycles. The summed E-state index contributed by atoms with van der Waals surface area (Å²) >= 11 is 0. The lowest BCUT2D eigenvalue weighted by molar-refractivity contribution is -0.143. The summed E-state index contributed by atoms with van der Waals surface area (Å²) < 4.78 is 0. The molecule has 23 heavy (non-hydrogen) atoms. The molecule has 0 saturated carbocycles. The first-order chi connectivity index (χ1) is 10.8. The quantitative estimate of drug-likeness (QED) is 0.429. The second kappa shape index (κ2) is 22.6. The molecule has 1 amide bonds. The Kier molecular flexibility index (Phi) is 25.9. The summed E-state index contributed by atoms with van der Waals surface area (Å²) in [5.41, 5.74) is 4.89. The van der Waals surface area contributed by atoms with E-state index in [1.54, 1.807) is 0 Å². The van der Waals surface area contributed by atoms with Crippen LogP contribution in [0.2, 0.25) is 0 Å². The summed E-state index contributed by atoms with van der Waals surface area (Å²) in [6, 6.07) is 0. The number of carboxylic acids is 2. The molecule has 5 N–H and O–H groups in total. The van der Waals surface area contributed by atoms with E-state index in [1.807, 2.05) is 0 Å². The van der Waals surface area contributed by atoms with Gasteiger partial charge in [0.05, 0.1) is 12.8 Å². The minimum Gasteiger partial charge on any atom is -0.481 e. The Balaban J connectivity index is -0.000000262. The van der Waals surface area contributed by atoms with Gasteiger partial charge >= 0.3 is 11.9 Å². The standard InChI is InChI=1S/C6H13NO.C6H15N.C4H6O4/c1-2-3-4-5-6(7)8;1-3-5-7-6-4-2;5-3(6)1-2-4(7)8/h2-5H2,1H3,(H2,7,8);7H,3-6H2,1-2H3;1-2H2,(H,5,6)(H,7,8). The van der Waals surface area contributed by atoms with Crippen LogP contribution in [-0.4, -0.2) is 41.1 Å². The van der Waals surface area contributed by atoms with Crippen molar-refractivity contribution in [3.8, 4) is 0 Å². The molecule has 0 radical (unpaired) electrons. The third-order valence-corrected chi connectivity index (χ3v) is 2.43. The highest BCUT2D eigenvalue weighted by atomic mass is 16.4. The molecule has 0 aliphatic rings. The molecule has 7 nitrogen and oxygen atoms in total. The van der Waals surface area contributed by atoms with Gasteiger partial charge in [-0.2, -0.15) is 0 Å². The van der Waals surface area contributed by atoms with Crippen LogP contribution in [0.4, 0.5) is 0 Å². The van der Waals surface area contributed by atoms with Crippen molar-refractivity contribution < 1.29 is 24.6 Å². The molecule has 0 aromatic rings. The molecule has 7 heteroatoms. The molecule has 0 heterocycles. The average molecular weight is 334 g/mol. The molecule has 138 valence electrons. The largest absolute Gasteiger partial charge is 0.481 e. The smallest absolute Gasteiger partial charge is 0.303 e. The van der Waals surface area contributed by atoms with Crippen molar-refractivity contribution in [2.24, 2.45) is 5.73 Å². The highest BCUT2D eigenvalue weighted by Gasteiger charge is 2.00. The van der Waals surface area contributed by atoms with Crippen molar-refractivity contribution in [1.29, 1.82) is 0 Å². The number of primary amides is 1. The predicted molar refractivity (Wildman–Crippen MR) is 91.3 cm³/mol. The van der Waals surface area contributed by atoms with Crippen molar-refractivity contribution in [3.63, 3.8) is 0 Å². The number of hydrogen-bond donors (Lipinski definition) is 4. The van der Waals surface area contributed by atoms with Crippen LogP contribution in [0.3, 0.4) is 0 Å². The zero-order valence-corrected chi connectivity index (χ0v) is 14.8. The molecule has 0 fully saturated rings. The summed E-state index contributed by atoms with van der Waals surface area (Å²) in [4.78, 5) is 29.4. The topological polar surface area (TPSA) is 130 Å². The predicted octanol–water partition coefficient (Wildman–Crippen LogP) is 2.38. The van der Waals surface area contributed by atoms with Crippen molar-refractivity contribution in [1.82, 2.24) is 5.32 Å². The number of unbranched alkanes of at least 4 members (excludes halogenated alkanes) is 2. The van der Waals surface area contributed by atoms with E-state index in [0.29, 0.717) is 6.42 Å². The van der Waals surface area contributed by atoms with Gasteiger partial charge in [-0.05, 0) is 32.4 Å². The molecule has 0 rings (SSSR count). The maximum Gasteiger partial charge on any atom is 0.303 e. The Morgan fingerprint density at radius 2 is 1.22 bits per heavy atom. The summed E-state index contributed by atoms with van der Waals surface area (Å²) in [6.07, 6.45) is 5.67. The van der Waals surface area contributed by atoms with Crippen LogP contribution in [0.1, 0.15) is 72.1 Å². The van der Waals surface area contributed by atoms with E-state index >= 15 is 0 Å². The summed E-state index contributed by atoms with van der Waals surface area (Å²) in [5, 5.41) is 19.1. The number of carbonyl (C=O) groups excluding carboxylic acids is 1. The number of hydrogen-bond acceptors (Lipinski definition) is 4. The number of aliphatic carboxylic acids is 2. The van der Waals surface area contributed by atoms with Gasteiger partial charge in [0, 0.05) is 6.42 Å². The van der Waals surface area contributed by atoms with Crippen LogP contribution >= 0.6 is 0 Å². The maximum atomic E-state index is 10.1. The van der Waals surface area contributed by atoms with Gasteiger partial charge in [0.25, 0.3) is 0 Å². The maximum absolute atomic E-state index is 10.1. The number of nitrogens with one attached hydrogen (secondary N) is 1. The second-order valence-corrected chi connectivity index (χ2v) is 4.96. The molecule has 0 aromatic carbocycles. The number of rotatable bonds is 11. The van der Waals surface area contributed by atoms with E-state index in [9.17, 15) is 14.4 Å². The summed E-state index contributed by atoms with van der Waals surface area (Å²) in [6.45, 7) is 8.81. The Bertz CT molecular complexity index is 278. The number of amides is 1. The lowest BCUT2D eigenvalue weighted by Crippen LogP contribution is -2.14. The lowest BCUT2D eigenvalue weighted by atomic mass is 10.2. The van der Waals surface area contributed by atoms with Crippen LogP contribution in [0.15, 0.2) is 0 Å². The monoisotopic (exact) mass is 334 g/mol. The summed E-state index contributed by atoms with van der Waals surface area (Å²) in [5.74, 6) is -2.33. The Morgan fingerprint density at radius 3 is 1.48 bits per heavy atom. The molecule has 0 saturated heterocycles. The van der Waals surface area contributed by atoms with E-state index in [4.69, 9.17) is 15.9 Å². The Labute approximate surface area is 139 Å². The van der Waals surface area contributed by atoms with Gasteiger partial charge in [0.15, 0.2) is 0 Å². The van der Waals surface area contributed by atoms with Gasteiger partial charge < -0.3 is 21.3 Å². The normalized spacial score (nSPS) is 9.00. The van der Waals surface area contributed by atoms with E-state index < -0.39 is 11.9 Å². The van der Waals surface area contributed by atoms with E-state index in [2.05, 4.69) is 26.1 Å². The van der Waals surface area contributed by atoms with E-state index in [-0.39, 0.29) is 18.7 Å². The minimum absolute atomic E-state index is 0.182. The molecule has 0 atom stereocenters. The third-order valence-electron chi connectivity index (χ3n) is 2.43. The fraction of sp³-hybridized carbons (Fsp3) is 0.812. The van der Waals surface area contributed by atoms with Crippen molar-refractivity contribution >= 4 is 17.8 Å². The molecule has 0 aliphatic heterocycles. The van der Waals surface area contributed by atoms with E-state index in [0.717, 1.165) is 19.3 Å². The fourth-order valence-corrected chi connectivity index (χ4v) is 1.24. The first kappa shape index (κ1) is 26.3. The van der Waals surface area contributed by atoms with Crippen LogP contribution in [0, 0.1) is 0 Å². The molecular formula is C16H34N2O5. The molecule has 0 spiro atoms. The van der Waals surface area contributed by atoms with Crippen LogP contribution < -0.4 is 11.1 Å². The van der Waals surface area contributed by atoms with Crippen LogP contribution in [-0.2, 0) is 14.4 Å². The van der Waals surface area contributed by atoms with Crippen LogP contribution in [0.5, 0.6) is 0 Å². The fourth-order valence-electron chi connectivity index (χ4n) is 1.24. The zero-order valence-electron chi connectivity index (χ0n) is 14.8. The molecule has 0 aliphatic carbocycles. The lowest BCUT2D eigenvalue weighted by Gasteiger charge is -1.95. The first-order valence-corrected chi connectivity index (χ1v) is 8.24. The minimum atomic E-state index is -1.08. The SMILES string of the molecule is CCCCCC(N)=O.CCCNCCC.O=C(O)CCC(=O)O. The van der Waals surface area contributed by atoms with Crippen LogP contribution in [0.25, 0.3) is 0 Å². The second-order valence-electron chi connectivity index (χ2n) is 4.96. The van der Waals surface area contributed by atoms with Gasteiger partial charge in [-0.15, -0.1) is 0 Å². The molecule has 0 unspecified atom stereocenters. The highest BCUT2D eigenvalue weighted by Crippen LogP contribution is 1.96. The Morgan fingerprint density at radius 1 is 0.783 bits per heavy atom. The first-order valence-electron chi connectivity index (χ1n) is 8.24. The zero-order chi connectivity index (χ0) is 18.5. The van der Waals surface area contributed by atoms with Crippen molar-refractivity contribution in [3.05, 3.63) is 0 Å². The number of carbonyl (C=O) groups is 3. The van der Waals surface area contributed by atoms with Crippen molar-refractivity contribution in [2.75, 3.05) is 13.1 Å². The Hall–Kier alpha value is -1.63. The molecule has 0 bridgehead atoms. The summed E-state index contributed by atoms with van der Waals surface area (Å²) in [7, 11) is 0. The van der Waals surface area contributed by atoms with Gasteiger partial charge in [-0.25, -0.2) is 0 Å². The van der Waals surface area contributed by atoms with Crippen molar-refractivity contribution in [2.45, 2.75) is 72.1 Å². The number of nitrogens with two attached hydrogens (primary N) is 1. The van der Waals surface area contributed by atoms with Gasteiger partial charge in [-0.1, -0.05) is 33.6 Å². The molecular weight excluding hydrogens is 300 g/mol. The third kappa shape index (κ3) is 44.9. The van der Waals surface area contributed by atoms with Gasteiger partial charge in [0.2, 0.25) is 5.91 Å². The van der Waals surface area contributed by atoms with Gasteiger partial charge in [-0.3, -0.25) is 14.4 Å². The van der Waals surface area contributed by atoms with Gasteiger partial charge in [0.1, 0.15) is 0 Å². The van der Waals surface area contributed by atoms with E-state index in [1.165, 1.54) is 25.9 Å². The number of carboxylic acid groups (broad SMARTS) is 2. The average Bonchev–Trinajstić information content (AvgIpc) is 2.47.